The second-order valence-corrected chi connectivity index (χ2v) is 5.00. The van der Waals surface area contributed by atoms with Crippen molar-refractivity contribution in [2.75, 3.05) is 6.54 Å². The summed E-state index contributed by atoms with van der Waals surface area (Å²) in [5.41, 5.74) is 16.5. The van der Waals surface area contributed by atoms with Crippen LogP contribution >= 0.6 is 0 Å². The van der Waals surface area contributed by atoms with Crippen LogP contribution in [0.2, 0.25) is 0 Å². The molecule has 7 heteroatoms. The van der Waals surface area contributed by atoms with Crippen molar-refractivity contribution in [2.24, 2.45) is 16.1 Å². The van der Waals surface area contributed by atoms with Gasteiger partial charge in [0.1, 0.15) is 0 Å². The summed E-state index contributed by atoms with van der Waals surface area (Å²) in [4.78, 5) is 5.45. The Balaban J connectivity index is -0.000000349. The molecular weight excluding hydrogens is 308 g/mol. The fraction of sp³-hybridized carbons (Fsp3) is 0.857. The van der Waals surface area contributed by atoms with Gasteiger partial charge in [0.2, 0.25) is 0 Å². The van der Waals surface area contributed by atoms with Crippen LogP contribution in [0.3, 0.4) is 0 Å². The van der Waals surface area contributed by atoms with E-state index < -0.39 is 0 Å². The van der Waals surface area contributed by atoms with E-state index in [0.29, 0.717) is 12.5 Å². The number of hydrogen-bond acceptors (Lipinski definition) is 2. The molecule has 1 atom stereocenters. The third kappa shape index (κ3) is 11.5. The quantitative estimate of drug-likeness (QED) is 0.197. The molecule has 6 nitrogen and oxygen atoms in total. The molecule has 21 heavy (non-hydrogen) atoms. The molecule has 0 saturated heterocycles. The van der Waals surface area contributed by atoms with Gasteiger partial charge in [-0.25, -0.2) is 0 Å². The van der Waals surface area contributed by atoms with Crippen LogP contribution in [0.25, 0.3) is 20.9 Å². The molecule has 0 heterocycles. The van der Waals surface area contributed by atoms with Gasteiger partial charge in [0, 0.05) is 22.4 Å². The minimum atomic E-state index is -0.136. The van der Waals surface area contributed by atoms with Crippen molar-refractivity contribution in [3.05, 3.63) is 35.7 Å². The Bertz CT molecular complexity index is 306. The number of azide groups is 2. The van der Waals surface area contributed by atoms with Crippen molar-refractivity contribution >= 4 is 0 Å². The third-order valence-electron chi connectivity index (χ3n) is 3.73. The Kier molecular flexibility index (Phi) is 20.6. The molecule has 0 amide bonds. The van der Waals surface area contributed by atoms with Gasteiger partial charge in [0.05, 0.1) is 0 Å². The van der Waals surface area contributed by atoms with Crippen LogP contribution < -0.4 is 0 Å². The second kappa shape index (κ2) is 17.2. The topological polar surface area (TPSA) is 97.5 Å². The van der Waals surface area contributed by atoms with Crippen LogP contribution in [0.1, 0.15) is 57.8 Å². The van der Waals surface area contributed by atoms with Gasteiger partial charge in [-0.05, 0) is 17.0 Å². The molecule has 0 aromatic rings. The van der Waals surface area contributed by atoms with Crippen molar-refractivity contribution in [2.45, 2.75) is 63.8 Å². The predicted molar refractivity (Wildman–Crippen MR) is 84.8 cm³/mol. The summed E-state index contributed by atoms with van der Waals surface area (Å²) in [5, 5.41) is 7.11. The minimum Gasteiger partial charge on any atom is -0.358 e. The molecule has 2 fully saturated rings. The van der Waals surface area contributed by atoms with E-state index in [1.165, 1.54) is 44.9 Å². The van der Waals surface area contributed by atoms with Gasteiger partial charge in [-0.3, -0.25) is 0 Å². The van der Waals surface area contributed by atoms with E-state index >= 15 is 0 Å². The Morgan fingerprint density at radius 1 is 0.857 bits per heavy atom. The van der Waals surface area contributed by atoms with Crippen molar-refractivity contribution in [1.29, 1.82) is 0 Å². The Hall–Kier alpha value is -0.861. The van der Waals surface area contributed by atoms with Gasteiger partial charge in [-0.2, -0.15) is 0 Å². The van der Waals surface area contributed by atoms with E-state index in [9.17, 15) is 0 Å². The second-order valence-electron chi connectivity index (χ2n) is 5.00. The van der Waals surface area contributed by atoms with Gasteiger partial charge < -0.3 is 14.9 Å². The monoisotopic (exact) mass is 336 g/mol. The fourth-order valence-corrected chi connectivity index (χ4v) is 2.69. The summed E-state index contributed by atoms with van der Waals surface area (Å²) in [7, 11) is 0. The van der Waals surface area contributed by atoms with Crippen LogP contribution in [-0.2, 0) is 17.1 Å². The zero-order chi connectivity index (χ0) is 13.1. The van der Waals surface area contributed by atoms with Gasteiger partial charge >= 0.3 is 17.1 Å². The minimum absolute atomic E-state index is 0. The molecule has 122 valence electrons. The molecule has 1 unspecified atom stereocenters. The SMILES string of the molecule is C1CCCC1.[CH3-].[CH3-].[Fe+2].[N-]=[N+]=NCC(N=[N+]=[N-])C1CCCC1. The van der Waals surface area contributed by atoms with E-state index in [0.717, 1.165) is 12.8 Å². The molecule has 0 aromatic carbocycles. The van der Waals surface area contributed by atoms with E-state index in [1.54, 1.807) is 0 Å². The largest absolute Gasteiger partial charge is 2.00 e. The molecule has 0 spiro atoms. The first kappa shape index (κ1) is 25.1. The smallest absolute Gasteiger partial charge is 0.358 e. The summed E-state index contributed by atoms with van der Waals surface area (Å²) >= 11 is 0. The average molecular weight is 336 g/mol. The molecule has 0 bridgehead atoms. The van der Waals surface area contributed by atoms with Crippen LogP contribution in [-0.4, -0.2) is 12.6 Å². The zero-order valence-corrected chi connectivity index (χ0v) is 14.4. The predicted octanol–water partition coefficient (Wildman–Crippen LogP) is 6.01. The Labute approximate surface area is 139 Å². The third-order valence-corrected chi connectivity index (χ3v) is 3.73. The molecule has 2 rings (SSSR count). The van der Waals surface area contributed by atoms with Crippen LogP contribution in [0, 0.1) is 20.8 Å². The molecular formula is C14H28FeN6. The van der Waals surface area contributed by atoms with Gasteiger partial charge in [0.25, 0.3) is 0 Å². The van der Waals surface area contributed by atoms with Crippen molar-refractivity contribution < 1.29 is 17.1 Å². The fourth-order valence-electron chi connectivity index (χ4n) is 2.69. The van der Waals surface area contributed by atoms with E-state index in [2.05, 4.69) is 20.1 Å². The Morgan fingerprint density at radius 3 is 1.71 bits per heavy atom. The zero-order valence-electron chi connectivity index (χ0n) is 13.3. The maximum atomic E-state index is 8.32. The Morgan fingerprint density at radius 2 is 1.33 bits per heavy atom. The number of rotatable bonds is 4. The first-order chi connectivity index (χ1) is 8.88. The first-order valence-corrected chi connectivity index (χ1v) is 6.93. The standard InChI is InChI=1S/C7H12N6.C5H10.2CH3.Fe/c8-12-10-5-7(11-13-9)6-3-1-2-4-6;1-2-4-5-3-1;;;/h6-7H,1-5H2;1-5H2;2*1H3;/q;;2*-1;+2. The van der Waals surface area contributed by atoms with Crippen molar-refractivity contribution in [3.63, 3.8) is 0 Å². The van der Waals surface area contributed by atoms with Gasteiger partial charge in [0.15, 0.2) is 0 Å². The van der Waals surface area contributed by atoms with E-state index in [4.69, 9.17) is 11.1 Å². The normalized spacial score (nSPS) is 17.3. The van der Waals surface area contributed by atoms with Gasteiger partial charge in [-0.1, -0.05) is 68.0 Å². The molecule has 2 aliphatic rings. The summed E-state index contributed by atoms with van der Waals surface area (Å²) in [5.74, 6) is 0.418. The summed E-state index contributed by atoms with van der Waals surface area (Å²) < 4.78 is 0. The van der Waals surface area contributed by atoms with Crippen molar-refractivity contribution in [3.8, 4) is 0 Å². The maximum absolute atomic E-state index is 8.32. The molecule has 0 aliphatic heterocycles. The number of hydrogen-bond donors (Lipinski definition) is 0. The summed E-state index contributed by atoms with van der Waals surface area (Å²) in [6.45, 7) is 0.297. The average Bonchev–Trinajstić information content (AvgIpc) is 3.08. The van der Waals surface area contributed by atoms with Crippen LogP contribution in [0.5, 0.6) is 0 Å². The summed E-state index contributed by atoms with van der Waals surface area (Å²) in [6, 6.07) is -0.136. The molecule has 0 radical (unpaired) electrons. The molecule has 0 aromatic heterocycles. The number of nitrogens with zero attached hydrogens (tertiary/aromatic N) is 6. The van der Waals surface area contributed by atoms with E-state index in [-0.39, 0.29) is 38.0 Å². The van der Waals surface area contributed by atoms with Crippen molar-refractivity contribution in [1.82, 2.24) is 0 Å². The molecule has 0 N–H and O–H groups in total. The molecule has 2 aliphatic carbocycles. The molecule has 2 saturated carbocycles. The summed E-state index contributed by atoms with van der Waals surface area (Å²) in [6.07, 6.45) is 12.1. The maximum Gasteiger partial charge on any atom is 2.00 e. The first-order valence-electron chi connectivity index (χ1n) is 6.93. The van der Waals surface area contributed by atoms with Crippen LogP contribution in [0.15, 0.2) is 10.2 Å². The van der Waals surface area contributed by atoms with Gasteiger partial charge in [-0.15, -0.1) is 0 Å². The van der Waals surface area contributed by atoms with Crippen LogP contribution in [0.4, 0.5) is 0 Å². The van der Waals surface area contributed by atoms with E-state index in [1.807, 2.05) is 0 Å².